The summed E-state index contributed by atoms with van der Waals surface area (Å²) in [6.07, 6.45) is 1.06. The van der Waals surface area contributed by atoms with Gasteiger partial charge in [-0.3, -0.25) is 4.99 Å². The summed E-state index contributed by atoms with van der Waals surface area (Å²) in [5, 5.41) is 0. The van der Waals surface area contributed by atoms with Crippen molar-refractivity contribution in [3.63, 3.8) is 0 Å². The number of benzene rings is 1. The smallest absolute Gasteiger partial charge is 0.191 e. The SMILES string of the molecule is CCCN1C(N)=NCC1c1ccccc1OC. The molecule has 0 spiro atoms. The van der Waals surface area contributed by atoms with Crippen molar-refractivity contribution in [1.82, 2.24) is 4.90 Å². The van der Waals surface area contributed by atoms with Gasteiger partial charge in [0, 0.05) is 12.1 Å². The minimum atomic E-state index is 0.214. The van der Waals surface area contributed by atoms with E-state index in [-0.39, 0.29) is 6.04 Å². The van der Waals surface area contributed by atoms with E-state index in [0.29, 0.717) is 12.5 Å². The zero-order chi connectivity index (χ0) is 12.3. The lowest BCUT2D eigenvalue weighted by molar-refractivity contribution is 0.331. The molecule has 1 aliphatic rings. The van der Waals surface area contributed by atoms with Crippen molar-refractivity contribution in [2.45, 2.75) is 19.4 Å². The second-order valence-corrected chi connectivity index (χ2v) is 4.15. The molecule has 0 saturated carbocycles. The van der Waals surface area contributed by atoms with Crippen LogP contribution in [0.5, 0.6) is 5.75 Å². The molecule has 1 aromatic carbocycles. The zero-order valence-corrected chi connectivity index (χ0v) is 10.4. The summed E-state index contributed by atoms with van der Waals surface area (Å²) >= 11 is 0. The van der Waals surface area contributed by atoms with Crippen molar-refractivity contribution in [2.24, 2.45) is 10.7 Å². The van der Waals surface area contributed by atoms with Gasteiger partial charge in [0.1, 0.15) is 5.75 Å². The quantitative estimate of drug-likeness (QED) is 0.862. The number of rotatable bonds is 4. The third-order valence-electron chi connectivity index (χ3n) is 3.06. The third kappa shape index (κ3) is 2.20. The van der Waals surface area contributed by atoms with Crippen LogP contribution >= 0.6 is 0 Å². The molecule has 4 nitrogen and oxygen atoms in total. The Kier molecular flexibility index (Phi) is 3.52. The lowest BCUT2D eigenvalue weighted by Crippen LogP contribution is -2.36. The van der Waals surface area contributed by atoms with Crippen LogP contribution in [0.1, 0.15) is 24.9 Å². The van der Waals surface area contributed by atoms with E-state index >= 15 is 0 Å². The number of para-hydroxylation sites is 1. The van der Waals surface area contributed by atoms with Gasteiger partial charge in [0.05, 0.1) is 19.7 Å². The highest BCUT2D eigenvalue weighted by Gasteiger charge is 2.28. The molecule has 1 aromatic rings. The highest BCUT2D eigenvalue weighted by molar-refractivity contribution is 5.80. The van der Waals surface area contributed by atoms with Gasteiger partial charge in [-0.1, -0.05) is 25.1 Å². The van der Waals surface area contributed by atoms with Gasteiger partial charge in [-0.15, -0.1) is 0 Å². The highest BCUT2D eigenvalue weighted by atomic mass is 16.5. The average Bonchev–Trinajstić information content (AvgIpc) is 2.72. The Bertz CT molecular complexity index is 417. The number of aliphatic imine (C=N–C) groups is 1. The molecule has 0 bridgehead atoms. The van der Waals surface area contributed by atoms with Crippen LogP contribution in [0.3, 0.4) is 0 Å². The van der Waals surface area contributed by atoms with E-state index in [0.717, 1.165) is 24.3 Å². The fourth-order valence-corrected chi connectivity index (χ4v) is 2.25. The Morgan fingerprint density at radius 1 is 1.47 bits per heavy atom. The van der Waals surface area contributed by atoms with Crippen LogP contribution in [0, 0.1) is 0 Å². The van der Waals surface area contributed by atoms with E-state index in [4.69, 9.17) is 10.5 Å². The summed E-state index contributed by atoms with van der Waals surface area (Å²) in [7, 11) is 1.70. The van der Waals surface area contributed by atoms with E-state index in [1.165, 1.54) is 0 Å². The predicted octanol–water partition coefficient (Wildman–Crippen LogP) is 1.78. The van der Waals surface area contributed by atoms with Crippen LogP contribution in [0.15, 0.2) is 29.3 Å². The molecular formula is C13H19N3O. The molecule has 0 aliphatic carbocycles. The molecule has 17 heavy (non-hydrogen) atoms. The van der Waals surface area contributed by atoms with Crippen LogP contribution in [-0.2, 0) is 0 Å². The van der Waals surface area contributed by atoms with E-state index in [9.17, 15) is 0 Å². The molecular weight excluding hydrogens is 214 g/mol. The summed E-state index contributed by atoms with van der Waals surface area (Å²) in [6.45, 7) is 3.79. The van der Waals surface area contributed by atoms with Crippen molar-refractivity contribution in [2.75, 3.05) is 20.2 Å². The van der Waals surface area contributed by atoms with Crippen molar-refractivity contribution < 1.29 is 4.74 Å². The van der Waals surface area contributed by atoms with Gasteiger partial charge in [-0.2, -0.15) is 0 Å². The Hall–Kier alpha value is -1.71. The van der Waals surface area contributed by atoms with Crippen LogP contribution in [0.2, 0.25) is 0 Å². The van der Waals surface area contributed by atoms with Crippen LogP contribution < -0.4 is 10.5 Å². The molecule has 0 aromatic heterocycles. The summed E-state index contributed by atoms with van der Waals surface area (Å²) in [5.41, 5.74) is 7.08. The molecule has 1 heterocycles. The number of ether oxygens (including phenoxy) is 1. The van der Waals surface area contributed by atoms with Crippen molar-refractivity contribution in [3.05, 3.63) is 29.8 Å². The molecule has 1 aliphatic heterocycles. The summed E-state index contributed by atoms with van der Waals surface area (Å²) in [6, 6.07) is 8.28. The van der Waals surface area contributed by atoms with Gasteiger partial charge in [0.15, 0.2) is 5.96 Å². The molecule has 2 rings (SSSR count). The molecule has 92 valence electrons. The third-order valence-corrected chi connectivity index (χ3v) is 3.06. The van der Waals surface area contributed by atoms with Gasteiger partial charge in [0.25, 0.3) is 0 Å². The number of methoxy groups -OCH3 is 1. The number of guanidine groups is 1. The van der Waals surface area contributed by atoms with Gasteiger partial charge >= 0.3 is 0 Å². The maximum absolute atomic E-state index is 5.92. The minimum absolute atomic E-state index is 0.214. The second kappa shape index (κ2) is 5.08. The summed E-state index contributed by atoms with van der Waals surface area (Å²) in [5.74, 6) is 1.55. The molecule has 2 N–H and O–H groups in total. The average molecular weight is 233 g/mol. The predicted molar refractivity (Wildman–Crippen MR) is 69.2 cm³/mol. The Morgan fingerprint density at radius 3 is 2.94 bits per heavy atom. The number of hydrogen-bond acceptors (Lipinski definition) is 4. The van der Waals surface area contributed by atoms with Gasteiger partial charge in [-0.05, 0) is 12.5 Å². The van der Waals surface area contributed by atoms with Crippen molar-refractivity contribution >= 4 is 5.96 Å². The van der Waals surface area contributed by atoms with E-state index in [2.05, 4.69) is 22.9 Å². The molecule has 1 atom stereocenters. The number of nitrogens with two attached hydrogens (primary N) is 1. The highest BCUT2D eigenvalue weighted by Crippen LogP contribution is 2.32. The van der Waals surface area contributed by atoms with Crippen molar-refractivity contribution in [3.8, 4) is 5.75 Å². The van der Waals surface area contributed by atoms with Gasteiger partial charge in [0.2, 0.25) is 0 Å². The molecule has 4 heteroatoms. The lowest BCUT2D eigenvalue weighted by atomic mass is 10.0. The van der Waals surface area contributed by atoms with Crippen LogP contribution in [0.25, 0.3) is 0 Å². The van der Waals surface area contributed by atoms with Crippen LogP contribution in [-0.4, -0.2) is 31.1 Å². The normalized spacial score (nSPS) is 19.3. The topological polar surface area (TPSA) is 50.8 Å². The van der Waals surface area contributed by atoms with Crippen LogP contribution in [0.4, 0.5) is 0 Å². The first-order chi connectivity index (χ1) is 8.27. The van der Waals surface area contributed by atoms with E-state index in [1.807, 2.05) is 18.2 Å². The Balaban J connectivity index is 2.27. The molecule has 0 saturated heterocycles. The zero-order valence-electron chi connectivity index (χ0n) is 10.4. The Labute approximate surface area is 102 Å². The van der Waals surface area contributed by atoms with E-state index < -0.39 is 0 Å². The largest absolute Gasteiger partial charge is 0.496 e. The van der Waals surface area contributed by atoms with Crippen molar-refractivity contribution in [1.29, 1.82) is 0 Å². The van der Waals surface area contributed by atoms with Gasteiger partial charge < -0.3 is 15.4 Å². The fourth-order valence-electron chi connectivity index (χ4n) is 2.25. The molecule has 0 radical (unpaired) electrons. The standard InChI is InChI=1S/C13H19N3O/c1-3-8-16-11(9-15-13(16)14)10-6-4-5-7-12(10)17-2/h4-7,11H,3,8-9H2,1-2H3,(H2,14,15). The van der Waals surface area contributed by atoms with E-state index in [1.54, 1.807) is 7.11 Å². The monoisotopic (exact) mass is 233 g/mol. The number of hydrogen-bond donors (Lipinski definition) is 1. The first-order valence-corrected chi connectivity index (χ1v) is 5.97. The summed E-state index contributed by atoms with van der Waals surface area (Å²) in [4.78, 5) is 6.48. The molecule has 0 fully saturated rings. The fraction of sp³-hybridized carbons (Fsp3) is 0.462. The molecule has 1 unspecified atom stereocenters. The Morgan fingerprint density at radius 2 is 2.24 bits per heavy atom. The first kappa shape index (κ1) is 11.8. The maximum atomic E-state index is 5.92. The minimum Gasteiger partial charge on any atom is -0.496 e. The molecule has 0 amide bonds. The second-order valence-electron chi connectivity index (χ2n) is 4.15. The van der Waals surface area contributed by atoms with Gasteiger partial charge in [-0.25, -0.2) is 0 Å². The lowest BCUT2D eigenvalue weighted by Gasteiger charge is -2.27. The maximum Gasteiger partial charge on any atom is 0.191 e. The number of nitrogens with zero attached hydrogens (tertiary/aromatic N) is 2. The summed E-state index contributed by atoms with van der Waals surface area (Å²) < 4.78 is 5.40. The first-order valence-electron chi connectivity index (χ1n) is 5.97.